The van der Waals surface area contributed by atoms with Crippen LogP contribution in [-0.4, -0.2) is 39.4 Å². The van der Waals surface area contributed by atoms with Crippen LogP contribution >= 0.6 is 11.3 Å². The maximum Gasteiger partial charge on any atom is 0.317 e. The first-order chi connectivity index (χ1) is 11.1. The van der Waals surface area contributed by atoms with E-state index in [-0.39, 0.29) is 17.7 Å². The summed E-state index contributed by atoms with van der Waals surface area (Å²) in [5.74, 6) is 0.865. The zero-order valence-electron chi connectivity index (χ0n) is 13.1. The van der Waals surface area contributed by atoms with Gasteiger partial charge in [-0.15, -0.1) is 11.3 Å². The second-order valence-corrected chi connectivity index (χ2v) is 6.69. The molecule has 2 aromatic heterocycles. The Kier molecular flexibility index (Phi) is 4.76. The molecule has 0 spiro atoms. The van der Waals surface area contributed by atoms with E-state index in [4.69, 9.17) is 0 Å². The number of aryl methyl sites for hydroxylation is 1. The van der Waals surface area contributed by atoms with Crippen LogP contribution in [-0.2, 0) is 13.6 Å². The molecular weight excluding hydrogens is 312 g/mol. The van der Waals surface area contributed by atoms with Crippen LogP contribution in [0.15, 0.2) is 29.9 Å². The van der Waals surface area contributed by atoms with Gasteiger partial charge in [0.25, 0.3) is 0 Å². The third kappa shape index (κ3) is 3.61. The number of hydrogen-bond acceptors (Lipinski definition) is 4. The summed E-state index contributed by atoms with van der Waals surface area (Å²) in [5.41, 5.74) is 0. The van der Waals surface area contributed by atoms with Crippen molar-refractivity contribution in [1.82, 2.24) is 19.8 Å². The Morgan fingerprint density at radius 1 is 1.48 bits per heavy atom. The number of Topliss-reactive ketones (excluding diaryl/α,β-unsaturated/α-hetero) is 1. The molecule has 1 fully saturated rings. The fraction of sp³-hybridized carbons (Fsp3) is 0.438. The van der Waals surface area contributed by atoms with E-state index >= 15 is 0 Å². The highest BCUT2D eigenvalue weighted by atomic mass is 32.1. The largest absolute Gasteiger partial charge is 0.337 e. The quantitative estimate of drug-likeness (QED) is 0.874. The van der Waals surface area contributed by atoms with Gasteiger partial charge in [0, 0.05) is 38.4 Å². The number of urea groups is 1. The van der Waals surface area contributed by atoms with Crippen molar-refractivity contribution in [2.45, 2.75) is 19.4 Å². The van der Waals surface area contributed by atoms with E-state index in [1.807, 2.05) is 35.3 Å². The molecule has 1 aliphatic rings. The molecule has 2 aromatic rings. The average molecular weight is 332 g/mol. The molecular formula is C16H20N4O2S. The molecule has 0 unspecified atom stereocenters. The highest BCUT2D eigenvalue weighted by Crippen LogP contribution is 2.23. The minimum atomic E-state index is -0.128. The van der Waals surface area contributed by atoms with E-state index in [0.717, 1.165) is 23.5 Å². The highest BCUT2D eigenvalue weighted by Gasteiger charge is 2.29. The van der Waals surface area contributed by atoms with E-state index in [2.05, 4.69) is 10.3 Å². The molecule has 7 heteroatoms. The van der Waals surface area contributed by atoms with Crippen molar-refractivity contribution in [3.63, 3.8) is 0 Å². The monoisotopic (exact) mass is 332 g/mol. The van der Waals surface area contributed by atoms with Crippen LogP contribution in [0.3, 0.4) is 0 Å². The van der Waals surface area contributed by atoms with Crippen LogP contribution in [0.1, 0.15) is 28.3 Å². The Morgan fingerprint density at radius 3 is 3.04 bits per heavy atom. The molecule has 2 amide bonds. The first-order valence-corrected chi connectivity index (χ1v) is 8.60. The van der Waals surface area contributed by atoms with Crippen LogP contribution in [0, 0.1) is 5.92 Å². The molecule has 0 aromatic carbocycles. The van der Waals surface area contributed by atoms with Crippen molar-refractivity contribution in [2.24, 2.45) is 13.0 Å². The fourth-order valence-corrected chi connectivity index (χ4v) is 3.57. The van der Waals surface area contributed by atoms with Crippen molar-refractivity contribution in [1.29, 1.82) is 0 Å². The van der Waals surface area contributed by atoms with Crippen LogP contribution < -0.4 is 5.32 Å². The standard InChI is InChI=1S/C16H20N4O2S/c1-19-8-6-17-14(19)10-18-16(22)20-7-2-4-12(11-20)15(21)13-5-3-9-23-13/h3,5-6,8-9,12H,2,4,7,10-11H2,1H3,(H,18,22)/t12-/m1/s1. The third-order valence-corrected chi connectivity index (χ3v) is 5.05. The normalized spacial score (nSPS) is 18.0. The zero-order valence-corrected chi connectivity index (χ0v) is 13.9. The number of amides is 2. The second kappa shape index (κ2) is 6.95. The van der Waals surface area contributed by atoms with Gasteiger partial charge in [0.05, 0.1) is 11.4 Å². The Labute approximate surface area is 139 Å². The number of carbonyl (C=O) groups is 2. The molecule has 1 N–H and O–H groups in total. The van der Waals surface area contributed by atoms with E-state index < -0.39 is 0 Å². The smallest absolute Gasteiger partial charge is 0.317 e. The zero-order chi connectivity index (χ0) is 16.2. The van der Waals surface area contributed by atoms with Gasteiger partial charge in [-0.25, -0.2) is 9.78 Å². The van der Waals surface area contributed by atoms with Gasteiger partial charge in [0.15, 0.2) is 5.78 Å². The molecule has 0 radical (unpaired) electrons. The number of piperidine rings is 1. The molecule has 0 bridgehead atoms. The lowest BCUT2D eigenvalue weighted by Gasteiger charge is -2.31. The van der Waals surface area contributed by atoms with Crippen LogP contribution in [0.25, 0.3) is 0 Å². The Morgan fingerprint density at radius 2 is 2.35 bits per heavy atom. The van der Waals surface area contributed by atoms with E-state index in [1.165, 1.54) is 11.3 Å². The summed E-state index contributed by atoms with van der Waals surface area (Å²) in [5, 5.41) is 4.79. The van der Waals surface area contributed by atoms with E-state index in [0.29, 0.717) is 19.6 Å². The topological polar surface area (TPSA) is 67.2 Å². The second-order valence-electron chi connectivity index (χ2n) is 5.74. The minimum Gasteiger partial charge on any atom is -0.337 e. The van der Waals surface area contributed by atoms with Crippen LogP contribution in [0.4, 0.5) is 4.79 Å². The predicted octanol–water partition coefficient (Wildman–Crippen LogP) is 2.29. The first kappa shape index (κ1) is 15.7. The average Bonchev–Trinajstić information content (AvgIpc) is 3.24. The number of thiophene rings is 1. The van der Waals surface area contributed by atoms with Crippen molar-refractivity contribution >= 4 is 23.2 Å². The van der Waals surface area contributed by atoms with Gasteiger partial charge in [-0.2, -0.15) is 0 Å². The predicted molar refractivity (Wildman–Crippen MR) is 88.4 cm³/mol. The van der Waals surface area contributed by atoms with Crippen LogP contribution in [0.2, 0.25) is 0 Å². The highest BCUT2D eigenvalue weighted by molar-refractivity contribution is 7.12. The lowest BCUT2D eigenvalue weighted by molar-refractivity contribution is 0.0849. The summed E-state index contributed by atoms with van der Waals surface area (Å²) in [4.78, 5) is 31.5. The van der Waals surface area contributed by atoms with Crippen molar-refractivity contribution in [2.75, 3.05) is 13.1 Å². The van der Waals surface area contributed by atoms with Gasteiger partial charge in [-0.1, -0.05) is 6.07 Å². The van der Waals surface area contributed by atoms with E-state index in [9.17, 15) is 9.59 Å². The van der Waals surface area contributed by atoms with Crippen molar-refractivity contribution in [3.8, 4) is 0 Å². The Balaban J connectivity index is 1.56. The SMILES string of the molecule is Cn1ccnc1CNC(=O)N1CCC[C@@H](C(=O)c2cccs2)C1. The number of nitrogens with one attached hydrogen (secondary N) is 1. The molecule has 0 saturated carbocycles. The summed E-state index contributed by atoms with van der Waals surface area (Å²) in [6, 6.07) is 3.61. The summed E-state index contributed by atoms with van der Waals surface area (Å²) in [7, 11) is 1.89. The third-order valence-electron chi connectivity index (χ3n) is 4.16. The van der Waals surface area contributed by atoms with Crippen molar-refractivity contribution in [3.05, 3.63) is 40.6 Å². The van der Waals surface area contributed by atoms with E-state index in [1.54, 1.807) is 11.1 Å². The number of carbonyl (C=O) groups excluding carboxylic acids is 2. The number of rotatable bonds is 4. The van der Waals surface area contributed by atoms with Gasteiger partial charge in [0.2, 0.25) is 0 Å². The van der Waals surface area contributed by atoms with Gasteiger partial charge in [-0.3, -0.25) is 4.79 Å². The molecule has 6 nitrogen and oxygen atoms in total. The molecule has 23 heavy (non-hydrogen) atoms. The van der Waals surface area contributed by atoms with Crippen LogP contribution in [0.5, 0.6) is 0 Å². The molecule has 122 valence electrons. The lowest BCUT2D eigenvalue weighted by Crippen LogP contribution is -2.46. The number of likely N-dealkylation sites (tertiary alicyclic amines) is 1. The Bertz CT molecular complexity index is 680. The molecule has 3 rings (SSSR count). The number of hydrogen-bond donors (Lipinski definition) is 1. The molecule has 1 saturated heterocycles. The maximum absolute atomic E-state index is 12.5. The summed E-state index contributed by atoms with van der Waals surface area (Å²) < 4.78 is 1.87. The lowest BCUT2D eigenvalue weighted by atomic mass is 9.93. The summed E-state index contributed by atoms with van der Waals surface area (Å²) >= 11 is 1.46. The summed E-state index contributed by atoms with van der Waals surface area (Å²) in [6.45, 7) is 1.58. The summed E-state index contributed by atoms with van der Waals surface area (Å²) in [6.07, 6.45) is 5.26. The molecule has 0 aliphatic carbocycles. The van der Waals surface area contributed by atoms with Gasteiger partial charge >= 0.3 is 6.03 Å². The number of aromatic nitrogens is 2. The fourth-order valence-electron chi connectivity index (χ4n) is 2.83. The maximum atomic E-state index is 12.5. The minimum absolute atomic E-state index is 0.0960. The molecule has 1 aliphatic heterocycles. The number of ketones is 1. The number of nitrogens with zero attached hydrogens (tertiary/aromatic N) is 3. The van der Waals surface area contributed by atoms with Crippen molar-refractivity contribution < 1.29 is 9.59 Å². The molecule has 3 heterocycles. The van der Waals surface area contributed by atoms with Gasteiger partial charge in [-0.05, 0) is 24.3 Å². The number of imidazole rings is 1. The first-order valence-electron chi connectivity index (χ1n) is 7.72. The van der Waals surface area contributed by atoms with Gasteiger partial charge in [0.1, 0.15) is 5.82 Å². The Hall–Kier alpha value is -2.15. The van der Waals surface area contributed by atoms with Gasteiger partial charge < -0.3 is 14.8 Å². The molecule has 1 atom stereocenters.